The first-order valence-electron chi connectivity index (χ1n) is 9.99. The molecule has 2 aromatic heterocycles. The molecule has 8 heteroatoms. The van der Waals surface area contributed by atoms with Crippen molar-refractivity contribution in [3.8, 4) is 0 Å². The second-order valence-corrected chi connectivity index (χ2v) is 7.89. The molecule has 2 heterocycles. The van der Waals surface area contributed by atoms with Gasteiger partial charge in [0.1, 0.15) is 0 Å². The van der Waals surface area contributed by atoms with Gasteiger partial charge >= 0.3 is 5.97 Å². The van der Waals surface area contributed by atoms with Gasteiger partial charge in [-0.25, -0.2) is 14.3 Å². The fourth-order valence-electron chi connectivity index (χ4n) is 3.23. The number of benzene rings is 1. The fraction of sp³-hybridized carbons (Fsp3) is 0.409. The van der Waals surface area contributed by atoms with Gasteiger partial charge in [-0.2, -0.15) is 4.98 Å². The summed E-state index contributed by atoms with van der Waals surface area (Å²) in [6.07, 6.45) is 1.02. The summed E-state index contributed by atoms with van der Waals surface area (Å²) in [5.74, 6) is -0.376. The molecule has 3 rings (SSSR count). The first-order valence-corrected chi connectivity index (χ1v) is 9.99. The molecule has 1 amide bonds. The number of carbonyl (C=O) groups is 2. The maximum absolute atomic E-state index is 12.2. The van der Waals surface area contributed by atoms with Gasteiger partial charge in [-0.1, -0.05) is 38.1 Å². The van der Waals surface area contributed by atoms with E-state index in [1.54, 1.807) is 0 Å². The summed E-state index contributed by atoms with van der Waals surface area (Å²) >= 11 is 0. The van der Waals surface area contributed by atoms with Crippen LogP contribution in [-0.4, -0.2) is 38.1 Å². The molecule has 0 spiro atoms. The summed E-state index contributed by atoms with van der Waals surface area (Å²) in [4.78, 5) is 32.7. The van der Waals surface area contributed by atoms with Crippen molar-refractivity contribution in [3.63, 3.8) is 0 Å². The summed E-state index contributed by atoms with van der Waals surface area (Å²) < 4.78 is 6.54. The van der Waals surface area contributed by atoms with Gasteiger partial charge in [0.25, 0.3) is 17.5 Å². The number of aromatic nitrogens is 4. The Labute approximate surface area is 175 Å². The van der Waals surface area contributed by atoms with E-state index in [4.69, 9.17) is 4.74 Å². The molecule has 0 aliphatic heterocycles. The van der Waals surface area contributed by atoms with E-state index < -0.39 is 18.5 Å². The van der Waals surface area contributed by atoms with Crippen LogP contribution in [-0.2, 0) is 16.0 Å². The minimum absolute atomic E-state index is 0.127. The van der Waals surface area contributed by atoms with Gasteiger partial charge in [-0.3, -0.25) is 4.79 Å². The number of amides is 1. The maximum atomic E-state index is 12.2. The Kier molecular flexibility index (Phi) is 6.44. The van der Waals surface area contributed by atoms with Crippen LogP contribution in [0.2, 0.25) is 0 Å². The Balaban J connectivity index is 1.55. The van der Waals surface area contributed by atoms with Gasteiger partial charge in [0.05, 0.1) is 6.04 Å². The van der Waals surface area contributed by atoms with Crippen LogP contribution in [0.15, 0.2) is 30.3 Å². The molecule has 0 bridgehead atoms. The number of rotatable bonds is 7. The van der Waals surface area contributed by atoms with Crippen molar-refractivity contribution in [2.75, 3.05) is 6.61 Å². The lowest BCUT2D eigenvalue weighted by molar-refractivity contribution is -0.124. The largest absolute Gasteiger partial charge is 0.450 e. The minimum atomic E-state index is -0.765. The predicted octanol–water partition coefficient (Wildman–Crippen LogP) is 2.97. The molecule has 1 N–H and O–H groups in total. The molecule has 0 saturated heterocycles. The number of esters is 1. The van der Waals surface area contributed by atoms with Crippen LogP contribution in [0.5, 0.6) is 0 Å². The molecule has 0 aliphatic carbocycles. The molecular formula is C22H27N5O3. The van der Waals surface area contributed by atoms with Gasteiger partial charge < -0.3 is 10.1 Å². The number of aryl methyl sites for hydroxylation is 2. The molecule has 0 unspecified atom stereocenters. The lowest BCUT2D eigenvalue weighted by atomic mass is 10.00. The molecule has 1 atom stereocenters. The van der Waals surface area contributed by atoms with Gasteiger partial charge in [0, 0.05) is 11.4 Å². The van der Waals surface area contributed by atoms with Gasteiger partial charge in [-0.05, 0) is 50.3 Å². The Morgan fingerprint density at radius 1 is 1.10 bits per heavy atom. The van der Waals surface area contributed by atoms with Crippen molar-refractivity contribution in [3.05, 3.63) is 58.7 Å². The highest BCUT2D eigenvalue weighted by Crippen LogP contribution is 2.15. The molecule has 8 nitrogen and oxygen atoms in total. The lowest BCUT2D eigenvalue weighted by Gasteiger charge is -2.15. The topological polar surface area (TPSA) is 98.5 Å². The number of nitrogens with one attached hydrogen (secondary N) is 1. The number of fused-ring (bicyclic) bond motifs is 1. The Hall–Kier alpha value is -3.29. The van der Waals surface area contributed by atoms with Crippen LogP contribution in [0.4, 0.5) is 0 Å². The summed E-state index contributed by atoms with van der Waals surface area (Å²) in [6, 6.07) is 9.79. The van der Waals surface area contributed by atoms with E-state index in [2.05, 4.69) is 46.4 Å². The average molecular weight is 409 g/mol. The van der Waals surface area contributed by atoms with Crippen LogP contribution < -0.4 is 5.32 Å². The molecule has 0 saturated carbocycles. The van der Waals surface area contributed by atoms with Gasteiger partial charge in [0.15, 0.2) is 6.61 Å². The molecule has 158 valence electrons. The van der Waals surface area contributed by atoms with Crippen LogP contribution in [0, 0.1) is 19.8 Å². The van der Waals surface area contributed by atoms with Crippen molar-refractivity contribution in [1.29, 1.82) is 0 Å². The first-order chi connectivity index (χ1) is 14.2. The van der Waals surface area contributed by atoms with E-state index in [1.165, 1.54) is 10.1 Å². The van der Waals surface area contributed by atoms with E-state index in [9.17, 15) is 9.59 Å². The van der Waals surface area contributed by atoms with E-state index in [1.807, 2.05) is 39.0 Å². The molecular weight excluding hydrogens is 382 g/mol. The second kappa shape index (κ2) is 9.02. The highest BCUT2D eigenvalue weighted by atomic mass is 16.5. The quantitative estimate of drug-likeness (QED) is 0.603. The standard InChI is InChI=1S/C22H27N5O3/c1-13(2)10-17-6-8-18(9-7-17)16(5)24-19(28)12-30-21(29)20-25-22-23-14(3)11-15(4)27(22)26-20/h6-9,11,13,16H,10,12H2,1-5H3,(H,24,28)/t16-/m1/s1. The number of hydrogen-bond acceptors (Lipinski definition) is 6. The van der Waals surface area contributed by atoms with Crippen LogP contribution >= 0.6 is 0 Å². The highest BCUT2D eigenvalue weighted by molar-refractivity contribution is 5.88. The normalized spacial score (nSPS) is 12.2. The number of nitrogens with zero attached hydrogens (tertiary/aromatic N) is 4. The average Bonchev–Trinajstić information content (AvgIpc) is 3.10. The zero-order valence-corrected chi connectivity index (χ0v) is 18.0. The summed E-state index contributed by atoms with van der Waals surface area (Å²) in [5, 5.41) is 6.94. The van der Waals surface area contributed by atoms with Crippen LogP contribution in [0.1, 0.15) is 59.9 Å². The summed E-state index contributed by atoms with van der Waals surface area (Å²) in [5.41, 5.74) is 3.83. The Morgan fingerprint density at radius 3 is 2.47 bits per heavy atom. The van der Waals surface area contributed by atoms with E-state index >= 15 is 0 Å². The number of ether oxygens (including phenoxy) is 1. The molecule has 0 aliphatic rings. The second-order valence-electron chi connectivity index (χ2n) is 7.89. The zero-order valence-electron chi connectivity index (χ0n) is 18.0. The van der Waals surface area contributed by atoms with Crippen LogP contribution in [0.3, 0.4) is 0 Å². The highest BCUT2D eigenvalue weighted by Gasteiger charge is 2.18. The zero-order chi connectivity index (χ0) is 21.8. The van der Waals surface area contributed by atoms with Crippen molar-refractivity contribution >= 4 is 17.7 Å². The number of carbonyl (C=O) groups excluding carboxylic acids is 2. The molecule has 0 radical (unpaired) electrons. The fourth-order valence-corrected chi connectivity index (χ4v) is 3.23. The Bertz CT molecular complexity index is 1060. The third-order valence-corrected chi connectivity index (χ3v) is 4.64. The third kappa shape index (κ3) is 5.20. The molecule has 30 heavy (non-hydrogen) atoms. The van der Waals surface area contributed by atoms with Crippen molar-refractivity contribution in [2.45, 2.75) is 47.1 Å². The lowest BCUT2D eigenvalue weighted by Crippen LogP contribution is -2.31. The Morgan fingerprint density at radius 2 is 1.80 bits per heavy atom. The summed E-state index contributed by atoms with van der Waals surface area (Å²) in [6.45, 7) is 9.52. The van der Waals surface area contributed by atoms with E-state index in [0.717, 1.165) is 23.4 Å². The van der Waals surface area contributed by atoms with Crippen molar-refractivity contribution < 1.29 is 14.3 Å². The monoisotopic (exact) mass is 409 g/mol. The molecule has 0 fully saturated rings. The third-order valence-electron chi connectivity index (χ3n) is 4.64. The van der Waals surface area contributed by atoms with Gasteiger partial charge in [0.2, 0.25) is 0 Å². The van der Waals surface area contributed by atoms with Crippen LogP contribution in [0.25, 0.3) is 5.78 Å². The van der Waals surface area contributed by atoms with Crippen molar-refractivity contribution in [2.24, 2.45) is 5.92 Å². The predicted molar refractivity (Wildman–Crippen MR) is 112 cm³/mol. The number of hydrogen-bond donors (Lipinski definition) is 1. The molecule has 3 aromatic rings. The molecule has 1 aromatic carbocycles. The smallest absolute Gasteiger partial charge is 0.378 e. The van der Waals surface area contributed by atoms with Crippen molar-refractivity contribution in [1.82, 2.24) is 24.9 Å². The summed E-state index contributed by atoms with van der Waals surface area (Å²) in [7, 11) is 0. The van der Waals surface area contributed by atoms with E-state index in [0.29, 0.717) is 11.7 Å². The SMILES string of the molecule is Cc1cc(C)n2nc(C(=O)OCC(=O)N[C@H](C)c3ccc(CC(C)C)cc3)nc2n1. The first kappa shape index (κ1) is 21.4. The van der Waals surface area contributed by atoms with Gasteiger partial charge in [-0.15, -0.1) is 5.10 Å². The maximum Gasteiger partial charge on any atom is 0.378 e. The minimum Gasteiger partial charge on any atom is -0.450 e. The van der Waals surface area contributed by atoms with E-state index in [-0.39, 0.29) is 11.9 Å².